The number of amides is 1. The Balaban J connectivity index is 2.15. The number of methoxy groups -OCH3 is 1. The average Bonchev–Trinajstić information content (AvgIpc) is 2.42. The van der Waals surface area contributed by atoms with Crippen molar-refractivity contribution in [3.63, 3.8) is 0 Å². The monoisotopic (exact) mass is 319 g/mol. The molecule has 3 nitrogen and oxygen atoms in total. The summed E-state index contributed by atoms with van der Waals surface area (Å²) in [6.07, 6.45) is 0. The summed E-state index contributed by atoms with van der Waals surface area (Å²) < 4.78 is 6.06. The van der Waals surface area contributed by atoms with Crippen LogP contribution >= 0.6 is 15.9 Å². The Kier molecular flexibility index (Phi) is 4.22. The van der Waals surface area contributed by atoms with Crippen molar-refractivity contribution < 1.29 is 9.53 Å². The lowest BCUT2D eigenvalue weighted by Gasteiger charge is -2.09. The first-order chi connectivity index (χ1) is 9.10. The van der Waals surface area contributed by atoms with Crippen LogP contribution in [0.1, 0.15) is 15.9 Å². The SMILES string of the molecule is COc1ccc(C(=O)Nc2ccc(Br)cc2C)cc1. The predicted molar refractivity (Wildman–Crippen MR) is 79.8 cm³/mol. The van der Waals surface area contributed by atoms with E-state index in [0.717, 1.165) is 21.5 Å². The van der Waals surface area contributed by atoms with Crippen LogP contribution in [-0.2, 0) is 0 Å². The number of rotatable bonds is 3. The lowest BCUT2D eigenvalue weighted by molar-refractivity contribution is 0.102. The molecular weight excluding hydrogens is 306 g/mol. The van der Waals surface area contributed by atoms with Crippen LogP contribution in [0.5, 0.6) is 5.75 Å². The molecule has 0 spiro atoms. The Labute approximate surface area is 120 Å². The number of halogens is 1. The molecule has 0 atom stereocenters. The second-order valence-electron chi connectivity index (χ2n) is 4.14. The van der Waals surface area contributed by atoms with Crippen molar-refractivity contribution in [3.05, 3.63) is 58.1 Å². The van der Waals surface area contributed by atoms with Crippen LogP contribution in [0.3, 0.4) is 0 Å². The van der Waals surface area contributed by atoms with Gasteiger partial charge in [-0.25, -0.2) is 0 Å². The van der Waals surface area contributed by atoms with Gasteiger partial charge in [-0.15, -0.1) is 0 Å². The number of benzene rings is 2. The molecule has 0 bridgehead atoms. The van der Waals surface area contributed by atoms with Crippen LogP contribution in [0, 0.1) is 6.92 Å². The number of nitrogens with one attached hydrogen (secondary N) is 1. The van der Waals surface area contributed by atoms with E-state index in [-0.39, 0.29) is 5.91 Å². The van der Waals surface area contributed by atoms with Gasteiger partial charge in [0, 0.05) is 15.7 Å². The van der Waals surface area contributed by atoms with E-state index in [1.54, 1.807) is 31.4 Å². The van der Waals surface area contributed by atoms with Gasteiger partial charge >= 0.3 is 0 Å². The molecule has 2 rings (SSSR count). The molecule has 19 heavy (non-hydrogen) atoms. The first kappa shape index (κ1) is 13.6. The lowest BCUT2D eigenvalue weighted by Crippen LogP contribution is -2.12. The van der Waals surface area contributed by atoms with Gasteiger partial charge < -0.3 is 10.1 Å². The maximum Gasteiger partial charge on any atom is 0.255 e. The van der Waals surface area contributed by atoms with E-state index in [9.17, 15) is 4.79 Å². The smallest absolute Gasteiger partial charge is 0.255 e. The summed E-state index contributed by atoms with van der Waals surface area (Å²) in [6, 6.07) is 12.7. The molecule has 0 aromatic heterocycles. The molecule has 98 valence electrons. The summed E-state index contributed by atoms with van der Waals surface area (Å²) >= 11 is 3.40. The first-order valence-corrected chi connectivity index (χ1v) is 6.61. The number of carbonyl (C=O) groups excluding carboxylic acids is 1. The van der Waals surface area contributed by atoms with Gasteiger partial charge in [-0.3, -0.25) is 4.79 Å². The topological polar surface area (TPSA) is 38.3 Å². The summed E-state index contributed by atoms with van der Waals surface area (Å²) in [5, 5.41) is 2.89. The minimum atomic E-state index is -0.131. The van der Waals surface area contributed by atoms with E-state index in [1.165, 1.54) is 0 Å². The van der Waals surface area contributed by atoms with Crippen molar-refractivity contribution in [2.45, 2.75) is 6.92 Å². The third-order valence-electron chi connectivity index (χ3n) is 2.79. The van der Waals surface area contributed by atoms with Gasteiger partial charge in [0.25, 0.3) is 5.91 Å². The van der Waals surface area contributed by atoms with Crippen LogP contribution in [0.2, 0.25) is 0 Å². The fourth-order valence-electron chi connectivity index (χ4n) is 1.70. The Hall–Kier alpha value is -1.81. The van der Waals surface area contributed by atoms with E-state index >= 15 is 0 Å². The van der Waals surface area contributed by atoms with Gasteiger partial charge in [-0.1, -0.05) is 15.9 Å². The number of hydrogen-bond donors (Lipinski definition) is 1. The van der Waals surface area contributed by atoms with Crippen LogP contribution in [0.15, 0.2) is 46.9 Å². The number of aryl methyl sites for hydroxylation is 1. The van der Waals surface area contributed by atoms with Crippen molar-refractivity contribution >= 4 is 27.5 Å². The Morgan fingerprint density at radius 3 is 2.42 bits per heavy atom. The third kappa shape index (κ3) is 3.35. The standard InChI is InChI=1S/C15H14BrNO2/c1-10-9-12(16)5-8-14(10)17-15(18)11-3-6-13(19-2)7-4-11/h3-9H,1-2H3,(H,17,18). The third-order valence-corrected chi connectivity index (χ3v) is 3.28. The highest BCUT2D eigenvalue weighted by Gasteiger charge is 2.07. The average molecular weight is 320 g/mol. The molecular formula is C15H14BrNO2. The van der Waals surface area contributed by atoms with Gasteiger partial charge in [-0.05, 0) is 55.0 Å². The number of hydrogen-bond acceptors (Lipinski definition) is 2. The molecule has 0 radical (unpaired) electrons. The minimum Gasteiger partial charge on any atom is -0.497 e. The summed E-state index contributed by atoms with van der Waals surface area (Å²) in [4.78, 5) is 12.1. The highest BCUT2D eigenvalue weighted by atomic mass is 79.9. The molecule has 2 aromatic carbocycles. The largest absolute Gasteiger partial charge is 0.497 e. The second kappa shape index (κ2) is 5.89. The van der Waals surface area contributed by atoms with Crippen LogP contribution in [-0.4, -0.2) is 13.0 Å². The van der Waals surface area contributed by atoms with Crippen LogP contribution in [0.4, 0.5) is 5.69 Å². The molecule has 1 amide bonds. The number of carbonyl (C=O) groups is 1. The maximum absolute atomic E-state index is 12.1. The van der Waals surface area contributed by atoms with Gasteiger partial charge in [0.05, 0.1) is 7.11 Å². The summed E-state index contributed by atoms with van der Waals surface area (Å²) in [7, 11) is 1.60. The predicted octanol–water partition coefficient (Wildman–Crippen LogP) is 4.02. The fourth-order valence-corrected chi connectivity index (χ4v) is 2.18. The summed E-state index contributed by atoms with van der Waals surface area (Å²) in [5.41, 5.74) is 2.42. The lowest BCUT2D eigenvalue weighted by atomic mass is 10.1. The summed E-state index contributed by atoms with van der Waals surface area (Å²) in [6.45, 7) is 1.95. The van der Waals surface area contributed by atoms with E-state index in [2.05, 4.69) is 21.2 Å². The summed E-state index contributed by atoms with van der Waals surface area (Å²) in [5.74, 6) is 0.601. The Morgan fingerprint density at radius 2 is 1.84 bits per heavy atom. The molecule has 4 heteroatoms. The molecule has 0 aliphatic rings. The van der Waals surface area contributed by atoms with Crippen molar-refractivity contribution in [1.82, 2.24) is 0 Å². The quantitative estimate of drug-likeness (QED) is 0.928. The molecule has 1 N–H and O–H groups in total. The van der Waals surface area contributed by atoms with Crippen molar-refractivity contribution in [2.75, 3.05) is 12.4 Å². The van der Waals surface area contributed by atoms with E-state index in [4.69, 9.17) is 4.74 Å². The van der Waals surface area contributed by atoms with Crippen LogP contribution in [0.25, 0.3) is 0 Å². The van der Waals surface area contributed by atoms with Crippen molar-refractivity contribution in [1.29, 1.82) is 0 Å². The van der Waals surface area contributed by atoms with E-state index in [1.807, 2.05) is 25.1 Å². The first-order valence-electron chi connectivity index (χ1n) is 5.81. The van der Waals surface area contributed by atoms with E-state index in [0.29, 0.717) is 5.56 Å². The zero-order valence-corrected chi connectivity index (χ0v) is 12.3. The second-order valence-corrected chi connectivity index (χ2v) is 5.06. The van der Waals surface area contributed by atoms with Crippen molar-refractivity contribution in [3.8, 4) is 5.75 Å². The van der Waals surface area contributed by atoms with Gasteiger partial charge in [0.1, 0.15) is 5.75 Å². The molecule has 2 aromatic rings. The van der Waals surface area contributed by atoms with Gasteiger partial charge in [0.15, 0.2) is 0 Å². The molecule has 0 aliphatic carbocycles. The number of ether oxygens (including phenoxy) is 1. The van der Waals surface area contributed by atoms with E-state index < -0.39 is 0 Å². The minimum absolute atomic E-state index is 0.131. The highest BCUT2D eigenvalue weighted by molar-refractivity contribution is 9.10. The molecule has 0 aliphatic heterocycles. The van der Waals surface area contributed by atoms with Gasteiger partial charge in [0.2, 0.25) is 0 Å². The molecule has 0 fully saturated rings. The maximum atomic E-state index is 12.1. The molecule has 0 saturated heterocycles. The number of anilines is 1. The van der Waals surface area contributed by atoms with Crippen molar-refractivity contribution in [2.24, 2.45) is 0 Å². The normalized spacial score (nSPS) is 10.1. The fraction of sp³-hybridized carbons (Fsp3) is 0.133. The van der Waals surface area contributed by atoms with Gasteiger partial charge in [-0.2, -0.15) is 0 Å². The highest BCUT2D eigenvalue weighted by Crippen LogP contribution is 2.21. The molecule has 0 heterocycles. The van der Waals surface area contributed by atoms with Crippen LogP contribution < -0.4 is 10.1 Å². The Bertz CT molecular complexity index is 594. The molecule has 0 unspecified atom stereocenters. The Morgan fingerprint density at radius 1 is 1.16 bits per heavy atom. The zero-order valence-electron chi connectivity index (χ0n) is 10.7. The zero-order chi connectivity index (χ0) is 13.8. The molecule has 0 saturated carbocycles.